The average Bonchev–Trinajstić information content (AvgIpc) is 2.59. The highest BCUT2D eigenvalue weighted by Gasteiger charge is 2.17. The lowest BCUT2D eigenvalue weighted by Crippen LogP contribution is -2.24. The van der Waals surface area contributed by atoms with E-state index in [4.69, 9.17) is 18.9 Å². The molecule has 1 heterocycles. The van der Waals surface area contributed by atoms with Crippen molar-refractivity contribution in [2.45, 2.75) is 18.8 Å². The first-order valence-corrected chi connectivity index (χ1v) is 4.11. The second-order valence-corrected chi connectivity index (χ2v) is 2.72. The molecule has 1 aliphatic heterocycles. The molecule has 1 saturated heterocycles. The second-order valence-electron chi connectivity index (χ2n) is 2.72. The zero-order chi connectivity index (χ0) is 8.81. The Bertz CT molecular complexity index is 106. The van der Waals surface area contributed by atoms with Crippen LogP contribution in [0.2, 0.25) is 0 Å². The van der Waals surface area contributed by atoms with E-state index < -0.39 is 0 Å². The fourth-order valence-electron chi connectivity index (χ4n) is 1.09. The Morgan fingerprint density at radius 3 is 2.67 bits per heavy atom. The van der Waals surface area contributed by atoms with Gasteiger partial charge in [0.1, 0.15) is 0 Å². The molecular formula is C8H16O4. The van der Waals surface area contributed by atoms with E-state index in [1.165, 1.54) is 0 Å². The van der Waals surface area contributed by atoms with Crippen molar-refractivity contribution in [3.05, 3.63) is 0 Å². The van der Waals surface area contributed by atoms with E-state index >= 15 is 0 Å². The molecule has 0 radical (unpaired) electrons. The van der Waals surface area contributed by atoms with E-state index in [-0.39, 0.29) is 12.4 Å². The number of methoxy groups -OCH3 is 2. The molecule has 0 aliphatic carbocycles. The molecule has 0 spiro atoms. The van der Waals surface area contributed by atoms with Gasteiger partial charge in [-0.1, -0.05) is 0 Å². The molecule has 4 heteroatoms. The maximum Gasteiger partial charge on any atom is 0.180 e. The molecule has 1 fully saturated rings. The van der Waals surface area contributed by atoms with Gasteiger partial charge in [0, 0.05) is 20.8 Å². The van der Waals surface area contributed by atoms with Crippen LogP contribution in [0.15, 0.2) is 0 Å². The van der Waals surface area contributed by atoms with E-state index in [9.17, 15) is 0 Å². The summed E-state index contributed by atoms with van der Waals surface area (Å²) in [5, 5.41) is 0. The van der Waals surface area contributed by atoms with Gasteiger partial charge in [0.25, 0.3) is 0 Å². The molecular weight excluding hydrogens is 160 g/mol. The Morgan fingerprint density at radius 2 is 2.17 bits per heavy atom. The highest BCUT2D eigenvalue weighted by Crippen LogP contribution is 2.08. The first kappa shape index (κ1) is 9.92. The van der Waals surface area contributed by atoms with Crippen LogP contribution in [0, 0.1) is 0 Å². The molecule has 1 aliphatic rings. The smallest absolute Gasteiger partial charge is 0.180 e. The topological polar surface area (TPSA) is 36.9 Å². The van der Waals surface area contributed by atoms with Gasteiger partial charge in [-0.15, -0.1) is 0 Å². The van der Waals surface area contributed by atoms with Crippen LogP contribution in [-0.2, 0) is 18.9 Å². The Labute approximate surface area is 72.7 Å². The van der Waals surface area contributed by atoms with Crippen LogP contribution in [-0.4, -0.2) is 46.4 Å². The number of ether oxygens (including phenoxy) is 4. The molecule has 0 aromatic carbocycles. The fraction of sp³-hybridized carbons (Fsp3) is 1.00. The molecule has 0 N–H and O–H groups in total. The third kappa shape index (κ3) is 3.06. The molecule has 1 rings (SSSR count). The normalized spacial score (nSPS) is 23.8. The van der Waals surface area contributed by atoms with Crippen LogP contribution >= 0.6 is 0 Å². The SMILES string of the molecule is COC(COC1CCOC1)OC. The van der Waals surface area contributed by atoms with E-state index in [1.54, 1.807) is 14.2 Å². The zero-order valence-electron chi connectivity index (χ0n) is 7.62. The summed E-state index contributed by atoms with van der Waals surface area (Å²) in [7, 11) is 3.20. The maximum atomic E-state index is 5.47. The van der Waals surface area contributed by atoms with E-state index in [2.05, 4.69) is 0 Å². The summed E-state index contributed by atoms with van der Waals surface area (Å²) in [5.41, 5.74) is 0. The lowest BCUT2D eigenvalue weighted by Gasteiger charge is -2.16. The molecule has 12 heavy (non-hydrogen) atoms. The van der Waals surface area contributed by atoms with Gasteiger partial charge >= 0.3 is 0 Å². The summed E-state index contributed by atoms with van der Waals surface area (Å²) in [6.07, 6.45) is 0.934. The predicted molar refractivity (Wildman–Crippen MR) is 43.0 cm³/mol. The molecule has 0 amide bonds. The Balaban J connectivity index is 2.06. The molecule has 1 atom stereocenters. The largest absolute Gasteiger partial charge is 0.379 e. The summed E-state index contributed by atoms with van der Waals surface area (Å²) in [6.45, 7) is 1.97. The van der Waals surface area contributed by atoms with Crippen molar-refractivity contribution in [1.29, 1.82) is 0 Å². The van der Waals surface area contributed by atoms with Crippen LogP contribution < -0.4 is 0 Å². The van der Waals surface area contributed by atoms with Crippen molar-refractivity contribution in [1.82, 2.24) is 0 Å². The number of hydrogen-bond donors (Lipinski definition) is 0. The van der Waals surface area contributed by atoms with Crippen molar-refractivity contribution in [3.8, 4) is 0 Å². The Morgan fingerprint density at radius 1 is 1.42 bits per heavy atom. The lowest BCUT2D eigenvalue weighted by molar-refractivity contribution is -0.151. The van der Waals surface area contributed by atoms with Gasteiger partial charge in [0.05, 0.1) is 19.3 Å². The van der Waals surface area contributed by atoms with Crippen molar-refractivity contribution in [3.63, 3.8) is 0 Å². The van der Waals surface area contributed by atoms with E-state index in [0.717, 1.165) is 13.0 Å². The van der Waals surface area contributed by atoms with Crippen LogP contribution in [0.3, 0.4) is 0 Å². The predicted octanol–water partition coefficient (Wildman–Crippen LogP) is 0.411. The first-order chi connectivity index (χ1) is 5.86. The summed E-state index contributed by atoms with van der Waals surface area (Å²) in [6, 6.07) is 0. The summed E-state index contributed by atoms with van der Waals surface area (Å²) in [5.74, 6) is 0. The second kappa shape index (κ2) is 5.48. The quantitative estimate of drug-likeness (QED) is 0.568. The van der Waals surface area contributed by atoms with Crippen molar-refractivity contribution < 1.29 is 18.9 Å². The van der Waals surface area contributed by atoms with Gasteiger partial charge < -0.3 is 18.9 Å². The van der Waals surface area contributed by atoms with Crippen LogP contribution in [0.1, 0.15) is 6.42 Å². The van der Waals surface area contributed by atoms with Gasteiger partial charge in [0.2, 0.25) is 0 Å². The van der Waals surface area contributed by atoms with Gasteiger partial charge in [-0.05, 0) is 6.42 Å². The monoisotopic (exact) mass is 176 g/mol. The molecule has 0 saturated carbocycles. The Kier molecular flexibility index (Phi) is 4.53. The third-order valence-electron chi connectivity index (χ3n) is 1.88. The van der Waals surface area contributed by atoms with E-state index in [0.29, 0.717) is 13.2 Å². The van der Waals surface area contributed by atoms with Gasteiger partial charge in [-0.2, -0.15) is 0 Å². The molecule has 1 unspecified atom stereocenters. The minimum Gasteiger partial charge on any atom is -0.379 e. The summed E-state index contributed by atoms with van der Waals surface area (Å²) >= 11 is 0. The Hall–Kier alpha value is -0.160. The van der Waals surface area contributed by atoms with Gasteiger partial charge in [0.15, 0.2) is 6.29 Å². The summed E-state index contributed by atoms with van der Waals surface area (Å²) < 4.78 is 20.6. The minimum absolute atomic E-state index is 0.220. The molecule has 0 aromatic rings. The van der Waals surface area contributed by atoms with Gasteiger partial charge in [-0.3, -0.25) is 0 Å². The lowest BCUT2D eigenvalue weighted by atomic mass is 10.3. The standard InChI is InChI=1S/C8H16O4/c1-9-8(10-2)6-12-7-3-4-11-5-7/h7-8H,3-6H2,1-2H3. The van der Waals surface area contributed by atoms with Crippen molar-refractivity contribution >= 4 is 0 Å². The average molecular weight is 176 g/mol. The van der Waals surface area contributed by atoms with Crippen LogP contribution in [0.5, 0.6) is 0 Å². The molecule has 0 bridgehead atoms. The number of hydrogen-bond acceptors (Lipinski definition) is 4. The molecule has 0 aromatic heterocycles. The van der Waals surface area contributed by atoms with Crippen LogP contribution in [0.4, 0.5) is 0 Å². The van der Waals surface area contributed by atoms with Crippen molar-refractivity contribution in [2.75, 3.05) is 34.0 Å². The minimum atomic E-state index is -0.259. The van der Waals surface area contributed by atoms with Crippen molar-refractivity contribution in [2.24, 2.45) is 0 Å². The highest BCUT2D eigenvalue weighted by atomic mass is 16.7. The first-order valence-electron chi connectivity index (χ1n) is 4.11. The maximum absolute atomic E-state index is 5.47. The zero-order valence-corrected chi connectivity index (χ0v) is 7.62. The summed E-state index contributed by atoms with van der Waals surface area (Å²) in [4.78, 5) is 0. The van der Waals surface area contributed by atoms with E-state index in [1.807, 2.05) is 0 Å². The molecule has 4 nitrogen and oxygen atoms in total. The fourth-order valence-corrected chi connectivity index (χ4v) is 1.09. The molecule has 72 valence electrons. The highest BCUT2D eigenvalue weighted by molar-refractivity contribution is 4.63. The van der Waals surface area contributed by atoms with Crippen LogP contribution in [0.25, 0.3) is 0 Å². The third-order valence-corrected chi connectivity index (χ3v) is 1.88. The number of rotatable bonds is 5. The van der Waals surface area contributed by atoms with Gasteiger partial charge in [-0.25, -0.2) is 0 Å².